The van der Waals surface area contributed by atoms with Crippen LogP contribution in [0.25, 0.3) is 0 Å². The van der Waals surface area contributed by atoms with E-state index >= 15 is 0 Å². The zero-order valence-corrected chi connectivity index (χ0v) is 6.71. The van der Waals surface area contributed by atoms with Gasteiger partial charge in [-0.2, -0.15) is 4.80 Å². The van der Waals surface area contributed by atoms with Crippen molar-refractivity contribution in [1.29, 1.82) is 0 Å². The molecule has 0 saturated carbocycles. The Balaban J connectivity index is 2.58. The van der Waals surface area contributed by atoms with Crippen molar-refractivity contribution in [2.45, 2.75) is 20.4 Å². The molecule has 1 heterocycles. The van der Waals surface area contributed by atoms with E-state index in [0.717, 1.165) is 6.54 Å². The zero-order valence-electron chi connectivity index (χ0n) is 5.95. The van der Waals surface area contributed by atoms with Gasteiger partial charge in [-0.15, -0.1) is 5.10 Å². The van der Waals surface area contributed by atoms with E-state index < -0.39 is 0 Å². The molecule has 0 aromatic carbocycles. The molecule has 56 valence electrons. The fraction of sp³-hybridized carbons (Fsp3) is 0.800. The van der Waals surface area contributed by atoms with Crippen LogP contribution in [-0.2, 0) is 6.54 Å². The summed E-state index contributed by atoms with van der Waals surface area (Å²) in [5.41, 5.74) is 0. The molecule has 0 aliphatic rings. The minimum absolute atomic E-state index is 0.209. The van der Waals surface area contributed by atoms with Gasteiger partial charge in [-0.1, -0.05) is 18.9 Å². The third kappa shape index (κ3) is 1.95. The lowest BCUT2D eigenvalue weighted by atomic mass is 10.2. The summed E-state index contributed by atoms with van der Waals surface area (Å²) in [6, 6.07) is 0. The molecule has 0 N–H and O–H groups in total. The van der Waals surface area contributed by atoms with Gasteiger partial charge in [-0.25, -0.2) is 0 Å². The van der Waals surface area contributed by atoms with Crippen molar-refractivity contribution in [3.63, 3.8) is 0 Å². The fourth-order valence-electron chi connectivity index (χ4n) is 0.628. The van der Waals surface area contributed by atoms with Crippen molar-refractivity contribution in [2.75, 3.05) is 0 Å². The molecule has 5 heteroatoms. The number of halogens is 1. The molecule has 0 aliphatic heterocycles. The summed E-state index contributed by atoms with van der Waals surface area (Å²) in [6.45, 7) is 4.92. The molecule has 0 amide bonds. The van der Waals surface area contributed by atoms with Gasteiger partial charge < -0.3 is 0 Å². The summed E-state index contributed by atoms with van der Waals surface area (Å²) in [5.74, 6) is 0.519. The first-order valence-electron chi connectivity index (χ1n) is 3.12. The maximum Gasteiger partial charge on any atom is 0.264 e. The van der Waals surface area contributed by atoms with Crippen LogP contribution in [0.3, 0.4) is 0 Å². The van der Waals surface area contributed by atoms with E-state index in [1.54, 1.807) is 0 Å². The minimum atomic E-state index is 0.209. The standard InChI is InChI=1S/C5H9ClN4/c1-4(2)3-10-8-5(6)7-9-10/h4H,3H2,1-2H3. The van der Waals surface area contributed by atoms with Crippen LogP contribution < -0.4 is 0 Å². The number of tetrazole rings is 1. The highest BCUT2D eigenvalue weighted by Crippen LogP contribution is 1.98. The second-order valence-corrected chi connectivity index (χ2v) is 2.85. The maximum absolute atomic E-state index is 5.44. The summed E-state index contributed by atoms with van der Waals surface area (Å²) < 4.78 is 0. The van der Waals surface area contributed by atoms with Crippen LogP contribution in [0.1, 0.15) is 13.8 Å². The average molecular weight is 161 g/mol. The normalized spacial score (nSPS) is 10.8. The van der Waals surface area contributed by atoms with Crippen LogP contribution >= 0.6 is 11.6 Å². The van der Waals surface area contributed by atoms with Gasteiger partial charge in [0.15, 0.2) is 0 Å². The Kier molecular flexibility index (Phi) is 2.21. The van der Waals surface area contributed by atoms with Crippen molar-refractivity contribution in [2.24, 2.45) is 5.92 Å². The molecule has 0 radical (unpaired) electrons. The molecule has 1 aromatic rings. The van der Waals surface area contributed by atoms with E-state index in [-0.39, 0.29) is 5.28 Å². The molecule has 0 spiro atoms. The second-order valence-electron chi connectivity index (χ2n) is 2.51. The van der Waals surface area contributed by atoms with E-state index in [0.29, 0.717) is 5.92 Å². The Hall–Kier alpha value is -0.640. The highest BCUT2D eigenvalue weighted by molar-refractivity contribution is 6.28. The summed E-state index contributed by atoms with van der Waals surface area (Å²) in [7, 11) is 0. The van der Waals surface area contributed by atoms with Crippen LogP contribution in [0.15, 0.2) is 0 Å². The molecular weight excluding hydrogens is 152 g/mol. The predicted octanol–water partition coefficient (Wildman–Crippen LogP) is 0.982. The topological polar surface area (TPSA) is 43.6 Å². The van der Waals surface area contributed by atoms with Gasteiger partial charge in [-0.3, -0.25) is 0 Å². The predicted molar refractivity (Wildman–Crippen MR) is 37.7 cm³/mol. The van der Waals surface area contributed by atoms with Gasteiger partial charge in [0, 0.05) is 0 Å². The van der Waals surface area contributed by atoms with E-state index in [2.05, 4.69) is 29.3 Å². The SMILES string of the molecule is CC(C)Cn1nnc(Cl)n1. The minimum Gasteiger partial charge on any atom is -0.163 e. The van der Waals surface area contributed by atoms with Crippen LogP contribution in [0.4, 0.5) is 0 Å². The largest absolute Gasteiger partial charge is 0.264 e. The molecule has 0 unspecified atom stereocenters. The number of hydrogen-bond acceptors (Lipinski definition) is 3. The molecule has 10 heavy (non-hydrogen) atoms. The fourth-order valence-corrected chi connectivity index (χ4v) is 0.749. The number of aromatic nitrogens is 4. The van der Waals surface area contributed by atoms with Gasteiger partial charge >= 0.3 is 0 Å². The van der Waals surface area contributed by atoms with Crippen LogP contribution in [0.2, 0.25) is 5.28 Å². The first-order chi connectivity index (χ1) is 4.68. The average Bonchev–Trinajstić information content (AvgIpc) is 2.13. The molecular formula is C5H9ClN4. The number of nitrogens with zero attached hydrogens (tertiary/aromatic N) is 4. The lowest BCUT2D eigenvalue weighted by Gasteiger charge is -1.99. The number of hydrogen-bond donors (Lipinski definition) is 0. The number of rotatable bonds is 2. The Labute approximate surface area is 64.2 Å². The lowest BCUT2D eigenvalue weighted by Crippen LogP contribution is -2.07. The third-order valence-corrected chi connectivity index (χ3v) is 1.11. The van der Waals surface area contributed by atoms with Crippen molar-refractivity contribution < 1.29 is 0 Å². The molecule has 0 bridgehead atoms. The van der Waals surface area contributed by atoms with Crippen molar-refractivity contribution >= 4 is 11.6 Å². The summed E-state index contributed by atoms with van der Waals surface area (Å²) in [4.78, 5) is 1.49. The summed E-state index contributed by atoms with van der Waals surface area (Å²) in [5, 5.41) is 11.2. The Morgan fingerprint density at radius 3 is 2.70 bits per heavy atom. The van der Waals surface area contributed by atoms with E-state index in [1.165, 1.54) is 4.80 Å². The van der Waals surface area contributed by atoms with E-state index in [9.17, 15) is 0 Å². The van der Waals surface area contributed by atoms with Gasteiger partial charge in [0.25, 0.3) is 5.28 Å². The molecule has 0 fully saturated rings. The van der Waals surface area contributed by atoms with Gasteiger partial charge in [-0.05, 0) is 22.7 Å². The maximum atomic E-state index is 5.44. The lowest BCUT2D eigenvalue weighted by molar-refractivity contribution is 0.429. The van der Waals surface area contributed by atoms with Gasteiger partial charge in [0.1, 0.15) is 0 Å². The first kappa shape index (κ1) is 7.47. The van der Waals surface area contributed by atoms with Crippen LogP contribution in [-0.4, -0.2) is 20.2 Å². The molecule has 0 aliphatic carbocycles. The van der Waals surface area contributed by atoms with Crippen LogP contribution in [0.5, 0.6) is 0 Å². The second kappa shape index (κ2) is 2.96. The summed E-state index contributed by atoms with van der Waals surface area (Å²) >= 11 is 5.44. The Morgan fingerprint density at radius 2 is 2.30 bits per heavy atom. The first-order valence-corrected chi connectivity index (χ1v) is 3.49. The van der Waals surface area contributed by atoms with Crippen molar-refractivity contribution in [3.05, 3.63) is 5.28 Å². The quantitative estimate of drug-likeness (QED) is 0.648. The smallest absolute Gasteiger partial charge is 0.163 e. The third-order valence-electron chi connectivity index (χ3n) is 0.957. The Bertz CT molecular complexity index is 207. The van der Waals surface area contributed by atoms with Gasteiger partial charge in [0.2, 0.25) is 0 Å². The molecule has 0 saturated heterocycles. The summed E-state index contributed by atoms with van der Waals surface area (Å²) in [6.07, 6.45) is 0. The van der Waals surface area contributed by atoms with Crippen LogP contribution in [0, 0.1) is 5.92 Å². The molecule has 1 aromatic heterocycles. The highest BCUT2D eigenvalue weighted by atomic mass is 35.5. The van der Waals surface area contributed by atoms with Crippen molar-refractivity contribution in [1.82, 2.24) is 20.2 Å². The molecule has 0 atom stereocenters. The van der Waals surface area contributed by atoms with E-state index in [4.69, 9.17) is 11.6 Å². The van der Waals surface area contributed by atoms with Gasteiger partial charge in [0.05, 0.1) is 6.54 Å². The molecule has 4 nitrogen and oxygen atoms in total. The van der Waals surface area contributed by atoms with E-state index in [1.807, 2.05) is 0 Å². The monoisotopic (exact) mass is 160 g/mol. The zero-order chi connectivity index (χ0) is 7.56. The highest BCUT2D eigenvalue weighted by Gasteiger charge is 2.00. The molecule has 1 rings (SSSR count). The van der Waals surface area contributed by atoms with Crippen molar-refractivity contribution in [3.8, 4) is 0 Å². The Morgan fingerprint density at radius 1 is 1.60 bits per heavy atom.